The minimum Gasteiger partial charge on any atom is -0.340 e. The van der Waals surface area contributed by atoms with Crippen LogP contribution in [0, 0.1) is 19.3 Å². The van der Waals surface area contributed by atoms with Crippen molar-refractivity contribution in [2.45, 2.75) is 11.8 Å². The number of hydrogen-bond donors (Lipinski definition) is 3. The highest BCUT2D eigenvalue weighted by Gasteiger charge is 2.08. The van der Waals surface area contributed by atoms with E-state index in [4.69, 9.17) is 11.6 Å². The van der Waals surface area contributed by atoms with Crippen molar-refractivity contribution >= 4 is 33.2 Å². The third kappa shape index (κ3) is 4.61. The molecular formula is C19H17N5O2S. The van der Waals surface area contributed by atoms with E-state index in [2.05, 4.69) is 26.5 Å². The Morgan fingerprint density at radius 3 is 2.19 bits per heavy atom. The van der Waals surface area contributed by atoms with Gasteiger partial charge in [0.2, 0.25) is 16.0 Å². The van der Waals surface area contributed by atoms with E-state index in [1.165, 1.54) is 12.1 Å². The van der Waals surface area contributed by atoms with Crippen molar-refractivity contribution in [3.8, 4) is 12.3 Å². The zero-order valence-corrected chi connectivity index (χ0v) is 15.3. The molecule has 0 aliphatic rings. The van der Waals surface area contributed by atoms with Crippen LogP contribution in [-0.2, 0) is 10.0 Å². The summed E-state index contributed by atoms with van der Waals surface area (Å²) in [6.07, 6.45) is 7.05. The molecule has 0 unspecified atom stereocenters. The van der Waals surface area contributed by atoms with Gasteiger partial charge < -0.3 is 10.6 Å². The highest BCUT2D eigenvalue weighted by Crippen LogP contribution is 2.21. The van der Waals surface area contributed by atoms with Crippen LogP contribution in [0.3, 0.4) is 0 Å². The minimum absolute atomic E-state index is 0.0376. The summed E-state index contributed by atoms with van der Waals surface area (Å²) < 4.78 is 22.6. The molecule has 0 aliphatic carbocycles. The van der Waals surface area contributed by atoms with E-state index in [0.717, 1.165) is 16.8 Å². The monoisotopic (exact) mass is 379 g/mol. The summed E-state index contributed by atoms with van der Waals surface area (Å²) in [5, 5.41) is 11.3. The smallest absolute Gasteiger partial charge is 0.238 e. The number of aryl methyl sites for hydroxylation is 1. The lowest BCUT2D eigenvalue weighted by molar-refractivity contribution is 0.598. The number of nitrogens with two attached hydrogens (primary N) is 1. The van der Waals surface area contributed by atoms with Gasteiger partial charge in [0.1, 0.15) is 5.82 Å². The second-order valence-electron chi connectivity index (χ2n) is 5.77. The molecule has 0 fully saturated rings. The molecule has 4 N–H and O–H groups in total. The molecule has 0 saturated heterocycles. The fourth-order valence-electron chi connectivity index (χ4n) is 2.27. The summed E-state index contributed by atoms with van der Waals surface area (Å²) in [5.74, 6) is 3.58. The molecule has 0 atom stereocenters. The maximum atomic E-state index is 11.3. The molecule has 7 nitrogen and oxygen atoms in total. The van der Waals surface area contributed by atoms with Gasteiger partial charge in [0.25, 0.3) is 0 Å². The Hall–Kier alpha value is -3.41. The highest BCUT2D eigenvalue weighted by molar-refractivity contribution is 7.89. The molecule has 0 amide bonds. The van der Waals surface area contributed by atoms with Crippen molar-refractivity contribution < 1.29 is 8.42 Å². The van der Waals surface area contributed by atoms with Gasteiger partial charge in [-0.05, 0) is 55.5 Å². The Morgan fingerprint density at radius 1 is 1.00 bits per heavy atom. The molecule has 2 aromatic carbocycles. The molecule has 0 radical (unpaired) electrons. The second-order valence-corrected chi connectivity index (χ2v) is 7.33. The fraction of sp³-hybridized carbons (Fsp3) is 0.0526. The summed E-state index contributed by atoms with van der Waals surface area (Å²) in [4.78, 5) is 8.74. The number of anilines is 4. The number of rotatable bonds is 5. The van der Waals surface area contributed by atoms with Crippen LogP contribution in [0.15, 0.2) is 59.6 Å². The SMILES string of the molecule is C#Cc1ccc(Nc2nc(Nc3ccc(S(N)(=O)=O)cc3)ncc2C)cc1. The zero-order valence-electron chi connectivity index (χ0n) is 14.5. The van der Waals surface area contributed by atoms with Crippen molar-refractivity contribution in [3.05, 3.63) is 65.9 Å². The first-order chi connectivity index (χ1) is 12.8. The summed E-state index contributed by atoms with van der Waals surface area (Å²) in [7, 11) is -3.73. The number of hydrogen-bond acceptors (Lipinski definition) is 6. The molecular weight excluding hydrogens is 362 g/mol. The first kappa shape index (κ1) is 18.4. The molecule has 1 aromatic heterocycles. The Morgan fingerprint density at radius 2 is 1.59 bits per heavy atom. The van der Waals surface area contributed by atoms with Crippen LogP contribution >= 0.6 is 0 Å². The van der Waals surface area contributed by atoms with Crippen molar-refractivity contribution in [1.82, 2.24) is 9.97 Å². The van der Waals surface area contributed by atoms with Gasteiger partial charge >= 0.3 is 0 Å². The molecule has 0 aliphatic heterocycles. The van der Waals surface area contributed by atoms with Crippen LogP contribution in [0.4, 0.5) is 23.1 Å². The Balaban J connectivity index is 1.79. The van der Waals surface area contributed by atoms with Gasteiger partial charge in [-0.1, -0.05) is 5.92 Å². The van der Waals surface area contributed by atoms with E-state index in [9.17, 15) is 8.42 Å². The predicted molar refractivity (Wildman–Crippen MR) is 106 cm³/mol. The van der Waals surface area contributed by atoms with E-state index in [-0.39, 0.29) is 4.90 Å². The average Bonchev–Trinajstić information content (AvgIpc) is 2.65. The van der Waals surface area contributed by atoms with E-state index in [1.807, 2.05) is 31.2 Å². The number of nitrogens with zero attached hydrogens (tertiary/aromatic N) is 2. The lowest BCUT2D eigenvalue weighted by Crippen LogP contribution is -2.11. The van der Waals surface area contributed by atoms with Crippen LogP contribution in [0.25, 0.3) is 0 Å². The molecule has 136 valence electrons. The first-order valence-corrected chi connectivity index (χ1v) is 9.47. The van der Waals surface area contributed by atoms with Crippen molar-refractivity contribution in [2.24, 2.45) is 5.14 Å². The lowest BCUT2D eigenvalue weighted by atomic mass is 10.2. The molecule has 3 aromatic rings. The van der Waals surface area contributed by atoms with Gasteiger partial charge in [-0.3, -0.25) is 0 Å². The van der Waals surface area contributed by atoms with Crippen LogP contribution < -0.4 is 15.8 Å². The summed E-state index contributed by atoms with van der Waals surface area (Å²) in [6, 6.07) is 13.4. The second kappa shape index (κ2) is 7.45. The molecule has 0 bridgehead atoms. The van der Waals surface area contributed by atoms with Crippen LogP contribution in [0.2, 0.25) is 0 Å². The van der Waals surface area contributed by atoms with Gasteiger partial charge in [0.05, 0.1) is 4.90 Å². The standard InChI is InChI=1S/C19H17N5O2S/c1-3-14-4-6-15(7-5-14)22-18-13(2)12-21-19(24-18)23-16-8-10-17(11-9-16)27(20,25)26/h1,4-12H,2H3,(H2,20,25,26)(H2,21,22,23,24). The fourth-order valence-corrected chi connectivity index (χ4v) is 2.79. The van der Waals surface area contributed by atoms with Crippen molar-refractivity contribution in [2.75, 3.05) is 10.6 Å². The average molecular weight is 379 g/mol. The number of terminal acetylenes is 1. The predicted octanol–water partition coefficient (Wildman–Crippen LogP) is 2.90. The Bertz CT molecular complexity index is 1100. The highest BCUT2D eigenvalue weighted by atomic mass is 32.2. The Labute approximate surface area is 157 Å². The topological polar surface area (TPSA) is 110 Å². The van der Waals surface area contributed by atoms with E-state index in [1.54, 1.807) is 18.3 Å². The minimum atomic E-state index is -3.73. The van der Waals surface area contributed by atoms with E-state index < -0.39 is 10.0 Å². The number of nitrogens with one attached hydrogen (secondary N) is 2. The van der Waals surface area contributed by atoms with Gasteiger partial charge in [0.15, 0.2) is 0 Å². The number of primary sulfonamides is 1. The van der Waals surface area contributed by atoms with Crippen molar-refractivity contribution in [3.63, 3.8) is 0 Å². The summed E-state index contributed by atoms with van der Waals surface area (Å²) in [6.45, 7) is 1.89. The molecule has 0 spiro atoms. The van der Waals surface area contributed by atoms with Gasteiger partial charge in [0, 0.05) is 28.7 Å². The normalized spacial score (nSPS) is 10.9. The van der Waals surface area contributed by atoms with Crippen LogP contribution in [0.1, 0.15) is 11.1 Å². The van der Waals surface area contributed by atoms with E-state index >= 15 is 0 Å². The maximum absolute atomic E-state index is 11.3. The zero-order chi connectivity index (χ0) is 19.4. The third-order valence-corrected chi connectivity index (χ3v) is 4.65. The van der Waals surface area contributed by atoms with Crippen LogP contribution in [-0.4, -0.2) is 18.4 Å². The first-order valence-electron chi connectivity index (χ1n) is 7.92. The number of benzene rings is 2. The lowest BCUT2D eigenvalue weighted by Gasteiger charge is -2.11. The molecule has 27 heavy (non-hydrogen) atoms. The molecule has 8 heteroatoms. The molecule has 0 saturated carbocycles. The van der Waals surface area contributed by atoms with Gasteiger partial charge in [-0.2, -0.15) is 4.98 Å². The third-order valence-electron chi connectivity index (χ3n) is 3.73. The van der Waals surface area contributed by atoms with Crippen LogP contribution in [0.5, 0.6) is 0 Å². The molecule has 1 heterocycles. The number of sulfonamides is 1. The Kier molecular flexibility index (Phi) is 5.07. The summed E-state index contributed by atoms with van der Waals surface area (Å²) in [5.41, 5.74) is 3.14. The van der Waals surface area contributed by atoms with Crippen molar-refractivity contribution in [1.29, 1.82) is 0 Å². The summed E-state index contributed by atoms with van der Waals surface area (Å²) >= 11 is 0. The quantitative estimate of drug-likeness (QED) is 0.588. The van der Waals surface area contributed by atoms with Gasteiger partial charge in [-0.15, -0.1) is 6.42 Å². The van der Waals surface area contributed by atoms with E-state index in [0.29, 0.717) is 17.5 Å². The number of aromatic nitrogens is 2. The molecule has 3 rings (SSSR count). The van der Waals surface area contributed by atoms with Gasteiger partial charge in [-0.25, -0.2) is 18.5 Å². The maximum Gasteiger partial charge on any atom is 0.238 e. The largest absolute Gasteiger partial charge is 0.340 e.